The number of morpholine rings is 1. The van der Waals surface area contributed by atoms with Crippen LogP contribution in [0, 0.1) is 0 Å². The summed E-state index contributed by atoms with van der Waals surface area (Å²) in [5.41, 5.74) is 0. The van der Waals surface area contributed by atoms with Gasteiger partial charge in [-0.3, -0.25) is 4.79 Å². The molecule has 1 aliphatic heterocycles. The number of ether oxygens (including phenoxy) is 1. The van der Waals surface area contributed by atoms with Crippen molar-refractivity contribution in [3.8, 4) is 0 Å². The van der Waals surface area contributed by atoms with Gasteiger partial charge in [0, 0.05) is 19.0 Å². The predicted octanol–water partition coefficient (Wildman–Crippen LogP) is 0.109. The topological polar surface area (TPSA) is 103 Å². The normalized spacial score (nSPS) is 22.8. The maximum atomic E-state index is 12.1. The number of hydrogen-bond acceptors (Lipinski definition) is 7. The van der Waals surface area contributed by atoms with Crippen molar-refractivity contribution in [2.75, 3.05) is 25.4 Å². The Kier molecular flexibility index (Phi) is 4.18. The Morgan fingerprint density at radius 3 is 2.86 bits per heavy atom. The third kappa shape index (κ3) is 3.83. The highest BCUT2D eigenvalue weighted by molar-refractivity contribution is 7.91. The van der Waals surface area contributed by atoms with E-state index in [2.05, 4.69) is 10.1 Å². The second-order valence-electron chi connectivity index (χ2n) is 5.87. The minimum absolute atomic E-state index is 0.0602. The molecule has 2 aliphatic rings. The summed E-state index contributed by atoms with van der Waals surface area (Å²) >= 11 is 0. The summed E-state index contributed by atoms with van der Waals surface area (Å²) < 4.78 is 34.5. The van der Waals surface area contributed by atoms with E-state index in [4.69, 9.17) is 9.26 Å². The van der Waals surface area contributed by atoms with Gasteiger partial charge in [-0.05, 0) is 19.8 Å². The van der Waals surface area contributed by atoms with Gasteiger partial charge in [0.15, 0.2) is 15.7 Å². The number of aromatic nitrogens is 2. The van der Waals surface area contributed by atoms with Crippen molar-refractivity contribution in [2.45, 2.75) is 37.5 Å². The number of rotatable bonds is 5. The molecule has 2 heterocycles. The van der Waals surface area contributed by atoms with Crippen LogP contribution in [0.15, 0.2) is 4.52 Å². The molecule has 9 heteroatoms. The van der Waals surface area contributed by atoms with Crippen LogP contribution in [-0.2, 0) is 25.1 Å². The molecule has 8 nitrogen and oxygen atoms in total. The first-order chi connectivity index (χ1) is 10.4. The third-order valence-electron chi connectivity index (χ3n) is 3.71. The van der Waals surface area contributed by atoms with E-state index in [-0.39, 0.29) is 12.0 Å². The summed E-state index contributed by atoms with van der Waals surface area (Å²) in [4.78, 5) is 17.7. The van der Waals surface area contributed by atoms with Crippen LogP contribution >= 0.6 is 0 Å². The predicted molar refractivity (Wildman–Crippen MR) is 75.8 cm³/mol. The molecule has 1 amide bonds. The fourth-order valence-electron chi connectivity index (χ4n) is 2.40. The van der Waals surface area contributed by atoms with Gasteiger partial charge in [-0.2, -0.15) is 4.98 Å². The largest absolute Gasteiger partial charge is 0.375 e. The number of carbonyl (C=O) groups is 1. The fourth-order valence-corrected chi connectivity index (χ4v) is 3.55. The number of sulfone groups is 1. The van der Waals surface area contributed by atoms with Crippen LogP contribution in [0.25, 0.3) is 0 Å². The molecule has 1 aromatic rings. The Bertz CT molecular complexity index is 652. The van der Waals surface area contributed by atoms with Crippen LogP contribution < -0.4 is 0 Å². The van der Waals surface area contributed by atoms with Gasteiger partial charge in [-0.1, -0.05) is 5.16 Å². The SMILES string of the molecule is C[C@@H]1CN(C(=O)CS(=O)(=O)Cc2nc(C3CC3)no2)CCO1. The van der Waals surface area contributed by atoms with Crippen molar-refractivity contribution in [3.63, 3.8) is 0 Å². The highest BCUT2D eigenvalue weighted by Gasteiger charge is 2.31. The summed E-state index contributed by atoms with van der Waals surface area (Å²) in [6.07, 6.45) is 1.95. The molecule has 0 N–H and O–H groups in total. The fraction of sp³-hybridized carbons (Fsp3) is 0.769. The minimum Gasteiger partial charge on any atom is -0.375 e. The zero-order chi connectivity index (χ0) is 15.7. The molecule has 3 rings (SSSR count). The molecule has 1 aliphatic carbocycles. The van der Waals surface area contributed by atoms with Crippen LogP contribution in [0.4, 0.5) is 0 Å². The second kappa shape index (κ2) is 5.96. The average Bonchev–Trinajstić information content (AvgIpc) is 3.19. The first-order valence-electron chi connectivity index (χ1n) is 7.35. The summed E-state index contributed by atoms with van der Waals surface area (Å²) in [6.45, 7) is 3.12. The molecule has 0 aromatic carbocycles. The minimum atomic E-state index is -3.62. The Labute approximate surface area is 128 Å². The van der Waals surface area contributed by atoms with Gasteiger partial charge >= 0.3 is 0 Å². The highest BCUT2D eigenvalue weighted by atomic mass is 32.2. The van der Waals surface area contributed by atoms with Crippen molar-refractivity contribution in [1.29, 1.82) is 0 Å². The molecular weight excluding hydrogens is 310 g/mol. The molecule has 1 atom stereocenters. The molecule has 1 saturated heterocycles. The van der Waals surface area contributed by atoms with E-state index in [9.17, 15) is 13.2 Å². The molecular formula is C13H19N3O5S. The first kappa shape index (κ1) is 15.4. The van der Waals surface area contributed by atoms with E-state index < -0.39 is 27.3 Å². The molecule has 0 spiro atoms. The van der Waals surface area contributed by atoms with Crippen molar-refractivity contribution in [1.82, 2.24) is 15.0 Å². The molecule has 1 saturated carbocycles. The third-order valence-corrected chi connectivity index (χ3v) is 5.08. The smallest absolute Gasteiger partial charge is 0.241 e. The van der Waals surface area contributed by atoms with E-state index in [0.717, 1.165) is 12.8 Å². The Hall–Kier alpha value is -1.48. The second-order valence-corrected chi connectivity index (χ2v) is 7.94. The van der Waals surface area contributed by atoms with Crippen molar-refractivity contribution in [2.24, 2.45) is 0 Å². The number of hydrogen-bond donors (Lipinski definition) is 0. The van der Waals surface area contributed by atoms with Gasteiger partial charge in [-0.15, -0.1) is 0 Å². The van der Waals surface area contributed by atoms with Gasteiger partial charge < -0.3 is 14.2 Å². The highest BCUT2D eigenvalue weighted by Crippen LogP contribution is 2.38. The van der Waals surface area contributed by atoms with Crippen molar-refractivity contribution < 1.29 is 22.5 Å². The summed E-state index contributed by atoms with van der Waals surface area (Å²) in [7, 11) is -3.62. The van der Waals surface area contributed by atoms with Crippen molar-refractivity contribution in [3.05, 3.63) is 11.7 Å². The lowest BCUT2D eigenvalue weighted by Gasteiger charge is -2.31. The maximum absolute atomic E-state index is 12.1. The molecule has 2 fully saturated rings. The van der Waals surface area contributed by atoms with Gasteiger partial charge in [0.1, 0.15) is 11.5 Å². The quantitative estimate of drug-likeness (QED) is 0.755. The maximum Gasteiger partial charge on any atom is 0.241 e. The summed E-state index contributed by atoms with van der Waals surface area (Å²) in [6, 6.07) is 0. The average molecular weight is 329 g/mol. The summed E-state index contributed by atoms with van der Waals surface area (Å²) in [5, 5.41) is 3.78. The molecule has 122 valence electrons. The van der Waals surface area contributed by atoms with E-state index in [1.54, 1.807) is 0 Å². The van der Waals surface area contributed by atoms with Gasteiger partial charge in [0.25, 0.3) is 0 Å². The lowest BCUT2D eigenvalue weighted by Crippen LogP contribution is -2.46. The van der Waals surface area contributed by atoms with E-state index in [1.807, 2.05) is 6.92 Å². The molecule has 0 bridgehead atoms. The zero-order valence-corrected chi connectivity index (χ0v) is 13.2. The zero-order valence-electron chi connectivity index (χ0n) is 12.4. The van der Waals surface area contributed by atoms with Gasteiger partial charge in [-0.25, -0.2) is 8.42 Å². The Morgan fingerprint density at radius 2 is 2.18 bits per heavy atom. The standard InChI is InChI=1S/C13H19N3O5S/c1-9-6-16(4-5-20-9)12(17)8-22(18,19)7-11-14-13(15-21-11)10-2-3-10/h9-10H,2-8H2,1H3/t9-/m1/s1. The molecule has 22 heavy (non-hydrogen) atoms. The van der Waals surface area contributed by atoms with Crippen LogP contribution in [-0.4, -0.2) is 60.9 Å². The lowest BCUT2D eigenvalue weighted by atomic mass is 10.3. The number of amides is 1. The van der Waals surface area contributed by atoms with E-state index >= 15 is 0 Å². The van der Waals surface area contributed by atoms with E-state index in [0.29, 0.717) is 31.4 Å². The molecule has 0 unspecified atom stereocenters. The summed E-state index contributed by atoms with van der Waals surface area (Å²) in [5.74, 6) is -0.406. The van der Waals surface area contributed by atoms with Crippen LogP contribution in [0.1, 0.15) is 37.4 Å². The van der Waals surface area contributed by atoms with Crippen molar-refractivity contribution >= 4 is 15.7 Å². The van der Waals surface area contributed by atoms with E-state index in [1.165, 1.54) is 4.90 Å². The number of carbonyl (C=O) groups excluding carboxylic acids is 1. The first-order valence-corrected chi connectivity index (χ1v) is 9.17. The van der Waals surface area contributed by atoms with Gasteiger partial charge in [0.2, 0.25) is 11.8 Å². The van der Waals surface area contributed by atoms with Crippen LogP contribution in [0.3, 0.4) is 0 Å². The van der Waals surface area contributed by atoms with Gasteiger partial charge in [0.05, 0.1) is 12.7 Å². The monoisotopic (exact) mass is 329 g/mol. The molecule has 0 radical (unpaired) electrons. The molecule has 1 aromatic heterocycles. The Balaban J connectivity index is 1.58. The Morgan fingerprint density at radius 1 is 1.41 bits per heavy atom. The number of nitrogens with zero attached hydrogens (tertiary/aromatic N) is 3. The van der Waals surface area contributed by atoms with Crippen LogP contribution in [0.5, 0.6) is 0 Å². The van der Waals surface area contributed by atoms with Crippen LogP contribution in [0.2, 0.25) is 0 Å². The lowest BCUT2D eigenvalue weighted by molar-refractivity contribution is -0.135.